The van der Waals surface area contributed by atoms with Crippen molar-refractivity contribution in [2.75, 3.05) is 5.32 Å². The molecule has 1 atom stereocenters. The molecular weight excluding hydrogens is 274 g/mol. The van der Waals surface area contributed by atoms with E-state index in [0.717, 1.165) is 0 Å². The third-order valence-corrected chi connectivity index (χ3v) is 3.17. The first-order valence-electron chi connectivity index (χ1n) is 5.93. The molecule has 1 aliphatic heterocycles. The van der Waals surface area contributed by atoms with Gasteiger partial charge >= 0.3 is 0 Å². The minimum Gasteiger partial charge on any atom is -0.383 e. The summed E-state index contributed by atoms with van der Waals surface area (Å²) in [6, 6.07) is 7.42. The number of nitrogens with zero attached hydrogens (tertiary/aromatic N) is 5. The van der Waals surface area contributed by atoms with Crippen molar-refractivity contribution in [2.24, 2.45) is 5.73 Å². The van der Waals surface area contributed by atoms with Crippen LogP contribution in [0.5, 0.6) is 0 Å². The topological polar surface area (TPSA) is 136 Å². The van der Waals surface area contributed by atoms with Crippen molar-refractivity contribution < 1.29 is 4.92 Å². The van der Waals surface area contributed by atoms with Gasteiger partial charge < -0.3 is 11.1 Å². The van der Waals surface area contributed by atoms with E-state index in [9.17, 15) is 15.4 Å². The SMILES string of the molecule is N#CC1=C(N)n2ncnc2NC1c1ccc([N+](=O)[O-])cc1. The summed E-state index contributed by atoms with van der Waals surface area (Å²) in [6.45, 7) is 0. The fourth-order valence-electron chi connectivity index (χ4n) is 2.14. The fraction of sp³-hybridized carbons (Fsp3) is 0.0833. The summed E-state index contributed by atoms with van der Waals surface area (Å²) in [5.74, 6) is 0.599. The van der Waals surface area contributed by atoms with Crippen LogP contribution in [0.2, 0.25) is 0 Å². The van der Waals surface area contributed by atoms with Gasteiger partial charge in [-0.15, -0.1) is 0 Å². The Morgan fingerprint density at radius 2 is 2.14 bits per heavy atom. The Morgan fingerprint density at radius 1 is 1.43 bits per heavy atom. The van der Waals surface area contributed by atoms with E-state index < -0.39 is 11.0 Å². The number of nitrogens with two attached hydrogens (primary N) is 1. The smallest absolute Gasteiger partial charge is 0.269 e. The van der Waals surface area contributed by atoms with Gasteiger partial charge in [0.15, 0.2) is 0 Å². The molecule has 0 amide bonds. The molecule has 9 nitrogen and oxygen atoms in total. The molecule has 104 valence electrons. The Balaban J connectivity index is 2.05. The predicted molar refractivity (Wildman–Crippen MR) is 72.5 cm³/mol. The quantitative estimate of drug-likeness (QED) is 0.619. The monoisotopic (exact) mass is 283 g/mol. The standard InChI is InChI=1S/C12H9N7O2/c13-5-9-10(7-1-3-8(4-2-7)19(20)21)17-12-15-6-16-18(12)11(9)14/h1-4,6,10H,14H2,(H,15,16,17). The molecule has 9 heteroatoms. The Bertz CT molecular complexity index is 785. The summed E-state index contributed by atoms with van der Waals surface area (Å²) < 4.78 is 1.33. The van der Waals surface area contributed by atoms with Gasteiger partial charge in [0.1, 0.15) is 18.2 Å². The second-order valence-electron chi connectivity index (χ2n) is 4.33. The van der Waals surface area contributed by atoms with Crippen molar-refractivity contribution in [3.05, 3.63) is 51.8 Å². The number of fused-ring (bicyclic) bond motifs is 1. The lowest BCUT2D eigenvalue weighted by Gasteiger charge is -2.25. The van der Waals surface area contributed by atoms with Crippen LogP contribution < -0.4 is 11.1 Å². The molecule has 21 heavy (non-hydrogen) atoms. The molecule has 1 aromatic heterocycles. The van der Waals surface area contributed by atoms with Crippen LogP contribution in [0.3, 0.4) is 0 Å². The van der Waals surface area contributed by atoms with Crippen LogP contribution in [0.25, 0.3) is 5.82 Å². The zero-order valence-electron chi connectivity index (χ0n) is 10.6. The molecule has 1 aliphatic rings. The van der Waals surface area contributed by atoms with E-state index in [-0.39, 0.29) is 17.1 Å². The van der Waals surface area contributed by atoms with E-state index in [1.54, 1.807) is 12.1 Å². The van der Waals surface area contributed by atoms with Gasteiger partial charge in [0.25, 0.3) is 5.69 Å². The third-order valence-electron chi connectivity index (χ3n) is 3.17. The fourth-order valence-corrected chi connectivity index (χ4v) is 2.14. The molecule has 0 radical (unpaired) electrons. The second kappa shape index (κ2) is 4.61. The Morgan fingerprint density at radius 3 is 2.76 bits per heavy atom. The van der Waals surface area contributed by atoms with Crippen molar-refractivity contribution in [1.82, 2.24) is 14.8 Å². The molecule has 2 heterocycles. The van der Waals surface area contributed by atoms with E-state index >= 15 is 0 Å². The first kappa shape index (κ1) is 12.6. The molecule has 0 aliphatic carbocycles. The second-order valence-corrected chi connectivity index (χ2v) is 4.33. The van der Waals surface area contributed by atoms with Crippen LogP contribution in [0.1, 0.15) is 11.6 Å². The van der Waals surface area contributed by atoms with Crippen LogP contribution in [0.4, 0.5) is 11.6 Å². The molecule has 0 saturated carbocycles. The summed E-state index contributed by atoms with van der Waals surface area (Å²) in [5, 5.41) is 26.9. The highest BCUT2D eigenvalue weighted by atomic mass is 16.6. The molecule has 0 spiro atoms. The van der Waals surface area contributed by atoms with Gasteiger partial charge in [0.2, 0.25) is 5.95 Å². The van der Waals surface area contributed by atoms with Crippen LogP contribution >= 0.6 is 0 Å². The van der Waals surface area contributed by atoms with Crippen LogP contribution in [0.15, 0.2) is 36.2 Å². The summed E-state index contributed by atoms with van der Waals surface area (Å²) in [5.41, 5.74) is 6.86. The van der Waals surface area contributed by atoms with E-state index in [1.165, 1.54) is 23.1 Å². The Kier molecular flexibility index (Phi) is 2.77. The van der Waals surface area contributed by atoms with E-state index in [4.69, 9.17) is 5.73 Å². The molecular formula is C12H9N7O2. The Labute approximate surface area is 118 Å². The van der Waals surface area contributed by atoms with Crippen molar-refractivity contribution in [3.63, 3.8) is 0 Å². The molecule has 3 N–H and O–H groups in total. The maximum absolute atomic E-state index is 10.7. The number of nitriles is 1. The van der Waals surface area contributed by atoms with Gasteiger partial charge in [-0.3, -0.25) is 10.1 Å². The lowest BCUT2D eigenvalue weighted by molar-refractivity contribution is -0.384. The van der Waals surface area contributed by atoms with Gasteiger partial charge in [0, 0.05) is 12.1 Å². The highest BCUT2D eigenvalue weighted by Crippen LogP contribution is 2.32. The summed E-state index contributed by atoms with van der Waals surface area (Å²) >= 11 is 0. The zero-order valence-corrected chi connectivity index (χ0v) is 10.6. The van der Waals surface area contributed by atoms with E-state index in [0.29, 0.717) is 11.5 Å². The van der Waals surface area contributed by atoms with E-state index in [2.05, 4.69) is 15.4 Å². The summed E-state index contributed by atoms with van der Waals surface area (Å²) in [6.07, 6.45) is 1.32. The number of non-ortho nitro benzene ring substituents is 1. The average molecular weight is 283 g/mol. The van der Waals surface area contributed by atoms with Gasteiger partial charge in [-0.05, 0) is 17.7 Å². The van der Waals surface area contributed by atoms with Crippen LogP contribution in [-0.2, 0) is 0 Å². The number of nitro groups is 1. The number of rotatable bonds is 2. The first-order valence-corrected chi connectivity index (χ1v) is 5.93. The molecule has 3 rings (SSSR count). The lowest BCUT2D eigenvalue weighted by atomic mass is 9.98. The number of hydrogen-bond acceptors (Lipinski definition) is 7. The summed E-state index contributed by atoms with van der Waals surface area (Å²) in [7, 11) is 0. The summed E-state index contributed by atoms with van der Waals surface area (Å²) in [4.78, 5) is 14.2. The largest absolute Gasteiger partial charge is 0.383 e. The van der Waals surface area contributed by atoms with Gasteiger partial charge in [-0.25, -0.2) is 0 Å². The van der Waals surface area contributed by atoms with E-state index in [1.807, 2.05) is 6.07 Å². The molecule has 1 unspecified atom stereocenters. The maximum atomic E-state index is 10.7. The van der Waals surface area contributed by atoms with Gasteiger partial charge in [-0.1, -0.05) is 0 Å². The van der Waals surface area contributed by atoms with Crippen LogP contribution in [0, 0.1) is 21.4 Å². The number of anilines is 1. The number of benzene rings is 1. The first-order chi connectivity index (χ1) is 10.1. The van der Waals surface area contributed by atoms with Gasteiger partial charge in [0.05, 0.1) is 16.5 Å². The minimum absolute atomic E-state index is 0.0202. The van der Waals surface area contributed by atoms with Crippen LogP contribution in [-0.4, -0.2) is 19.7 Å². The minimum atomic E-state index is -0.521. The number of nitro benzene ring substituents is 1. The average Bonchev–Trinajstić information content (AvgIpc) is 2.96. The Hall–Kier alpha value is -3.41. The lowest BCUT2D eigenvalue weighted by Crippen LogP contribution is -2.27. The van der Waals surface area contributed by atoms with Crippen molar-refractivity contribution in [2.45, 2.75) is 6.04 Å². The normalized spacial score (nSPS) is 16.8. The zero-order chi connectivity index (χ0) is 15.0. The van der Waals surface area contributed by atoms with Crippen molar-refractivity contribution >= 4 is 17.5 Å². The molecule has 2 aromatic rings. The molecule has 0 saturated heterocycles. The molecule has 0 fully saturated rings. The molecule has 0 bridgehead atoms. The number of hydrogen-bond donors (Lipinski definition) is 2. The highest BCUT2D eigenvalue weighted by molar-refractivity contribution is 5.65. The van der Waals surface area contributed by atoms with Gasteiger partial charge in [-0.2, -0.15) is 20.0 Å². The van der Waals surface area contributed by atoms with Crippen molar-refractivity contribution in [1.29, 1.82) is 5.26 Å². The highest BCUT2D eigenvalue weighted by Gasteiger charge is 2.28. The molecule has 1 aromatic carbocycles. The maximum Gasteiger partial charge on any atom is 0.269 e. The number of nitrogens with one attached hydrogen (secondary N) is 1. The predicted octanol–water partition coefficient (Wildman–Crippen LogP) is 1.00. The third kappa shape index (κ3) is 1.95. The number of aromatic nitrogens is 3. The van der Waals surface area contributed by atoms with Crippen molar-refractivity contribution in [3.8, 4) is 6.07 Å².